The SMILES string of the molecule is Cc1ccc(-c2c(C)sc3nc(CSc4nnnn4Cc4ccco4)[nH]c(=O)c23)cc1. The molecule has 4 heterocycles. The second kappa shape index (κ2) is 8.12. The number of fused-ring (bicyclic) bond motifs is 1. The largest absolute Gasteiger partial charge is 0.467 e. The number of aryl methyl sites for hydroxylation is 2. The average Bonchev–Trinajstić information content (AvgIpc) is 3.48. The predicted octanol–water partition coefficient (Wildman–Crippen LogP) is 4.19. The summed E-state index contributed by atoms with van der Waals surface area (Å²) in [5.41, 5.74) is 3.04. The van der Waals surface area contributed by atoms with Gasteiger partial charge in [0.15, 0.2) is 0 Å². The number of tetrazole rings is 1. The standard InChI is InChI=1S/C21H18N6O2S2/c1-12-5-7-14(8-6-12)17-13(2)31-20-18(17)19(28)22-16(23-20)11-30-21-24-25-26-27(21)10-15-4-3-9-29-15/h3-9H,10-11H2,1-2H3,(H,22,23,28). The second-order valence-electron chi connectivity index (χ2n) is 7.08. The van der Waals surface area contributed by atoms with Crippen LogP contribution in [0.1, 0.15) is 22.0 Å². The Labute approximate surface area is 185 Å². The number of nitrogens with one attached hydrogen (secondary N) is 1. The van der Waals surface area contributed by atoms with Crippen LogP contribution in [0.3, 0.4) is 0 Å². The first-order valence-corrected chi connectivity index (χ1v) is 11.4. The summed E-state index contributed by atoms with van der Waals surface area (Å²) in [4.78, 5) is 22.4. The number of nitrogens with zero attached hydrogens (tertiary/aromatic N) is 5. The predicted molar refractivity (Wildman–Crippen MR) is 120 cm³/mol. The quantitative estimate of drug-likeness (QED) is 0.387. The molecule has 0 atom stereocenters. The summed E-state index contributed by atoms with van der Waals surface area (Å²) >= 11 is 2.95. The average molecular weight is 451 g/mol. The van der Waals surface area contributed by atoms with Gasteiger partial charge in [-0.15, -0.1) is 16.4 Å². The fraction of sp³-hybridized carbons (Fsp3) is 0.190. The maximum absolute atomic E-state index is 13.0. The van der Waals surface area contributed by atoms with E-state index in [9.17, 15) is 4.79 Å². The summed E-state index contributed by atoms with van der Waals surface area (Å²) in [6.07, 6.45) is 1.62. The van der Waals surface area contributed by atoms with Crippen LogP contribution in [-0.2, 0) is 12.3 Å². The molecule has 156 valence electrons. The second-order valence-corrected chi connectivity index (χ2v) is 9.22. The maximum Gasteiger partial charge on any atom is 0.260 e. The third-order valence-electron chi connectivity index (χ3n) is 4.85. The molecule has 0 aliphatic rings. The smallest absolute Gasteiger partial charge is 0.260 e. The Morgan fingerprint density at radius 1 is 1.19 bits per heavy atom. The molecule has 1 N–H and O–H groups in total. The van der Waals surface area contributed by atoms with Gasteiger partial charge in [-0.3, -0.25) is 4.79 Å². The number of thioether (sulfide) groups is 1. The minimum absolute atomic E-state index is 0.129. The molecule has 0 saturated heterocycles. The van der Waals surface area contributed by atoms with Crippen LogP contribution < -0.4 is 5.56 Å². The highest BCUT2D eigenvalue weighted by Crippen LogP contribution is 2.35. The van der Waals surface area contributed by atoms with E-state index in [1.165, 1.54) is 28.7 Å². The summed E-state index contributed by atoms with van der Waals surface area (Å²) < 4.78 is 7.02. The van der Waals surface area contributed by atoms with Gasteiger partial charge in [0.1, 0.15) is 23.0 Å². The van der Waals surface area contributed by atoms with Crippen LogP contribution in [0.4, 0.5) is 0 Å². The van der Waals surface area contributed by atoms with Gasteiger partial charge in [0.25, 0.3) is 5.56 Å². The lowest BCUT2D eigenvalue weighted by Crippen LogP contribution is -2.11. The zero-order valence-corrected chi connectivity index (χ0v) is 18.5. The van der Waals surface area contributed by atoms with Gasteiger partial charge in [0.05, 0.1) is 17.4 Å². The number of H-pyrrole nitrogens is 1. The summed E-state index contributed by atoms with van der Waals surface area (Å²) in [6.45, 7) is 4.51. The number of aromatic amines is 1. The van der Waals surface area contributed by atoms with Crippen LogP contribution in [0.5, 0.6) is 0 Å². The van der Waals surface area contributed by atoms with Crippen LogP contribution in [0.2, 0.25) is 0 Å². The van der Waals surface area contributed by atoms with Crippen LogP contribution in [-0.4, -0.2) is 30.2 Å². The maximum atomic E-state index is 13.0. The molecule has 10 heteroatoms. The van der Waals surface area contributed by atoms with Gasteiger partial charge in [-0.2, -0.15) is 0 Å². The summed E-state index contributed by atoms with van der Waals surface area (Å²) in [6, 6.07) is 11.9. The molecule has 5 aromatic rings. The van der Waals surface area contributed by atoms with Gasteiger partial charge in [-0.25, -0.2) is 9.67 Å². The van der Waals surface area contributed by atoms with E-state index in [1.807, 2.05) is 38.1 Å². The van der Waals surface area contributed by atoms with Crippen molar-refractivity contribution < 1.29 is 4.42 Å². The van der Waals surface area contributed by atoms with Crippen molar-refractivity contribution in [3.05, 3.63) is 75.0 Å². The van der Waals surface area contributed by atoms with Crippen molar-refractivity contribution in [2.45, 2.75) is 31.3 Å². The van der Waals surface area contributed by atoms with Gasteiger partial charge in [0, 0.05) is 10.4 Å². The lowest BCUT2D eigenvalue weighted by molar-refractivity contribution is 0.462. The minimum Gasteiger partial charge on any atom is -0.467 e. The normalized spacial score (nSPS) is 11.4. The molecule has 1 aromatic carbocycles. The molecule has 5 rings (SSSR count). The van der Waals surface area contributed by atoms with Crippen LogP contribution in [0.25, 0.3) is 21.3 Å². The molecule has 0 aliphatic heterocycles. The van der Waals surface area contributed by atoms with Crippen LogP contribution in [0, 0.1) is 13.8 Å². The van der Waals surface area contributed by atoms with E-state index >= 15 is 0 Å². The molecule has 0 amide bonds. The monoisotopic (exact) mass is 450 g/mol. The molecule has 4 aromatic heterocycles. The Balaban J connectivity index is 1.42. The van der Waals surface area contributed by atoms with E-state index in [2.05, 4.69) is 32.6 Å². The lowest BCUT2D eigenvalue weighted by atomic mass is 10.0. The summed E-state index contributed by atoms with van der Waals surface area (Å²) in [7, 11) is 0. The van der Waals surface area contributed by atoms with E-state index < -0.39 is 0 Å². The van der Waals surface area contributed by atoms with Gasteiger partial charge >= 0.3 is 0 Å². The van der Waals surface area contributed by atoms with Crippen molar-refractivity contribution in [1.82, 2.24) is 30.2 Å². The zero-order chi connectivity index (χ0) is 21.4. The van der Waals surface area contributed by atoms with E-state index in [4.69, 9.17) is 9.40 Å². The zero-order valence-electron chi connectivity index (χ0n) is 16.8. The van der Waals surface area contributed by atoms with Crippen molar-refractivity contribution in [2.75, 3.05) is 0 Å². The number of rotatable bonds is 6. The number of aromatic nitrogens is 6. The lowest BCUT2D eigenvalue weighted by Gasteiger charge is -2.04. The molecule has 8 nitrogen and oxygen atoms in total. The van der Waals surface area contributed by atoms with Crippen molar-refractivity contribution >= 4 is 33.3 Å². The molecule has 0 saturated carbocycles. The Bertz CT molecular complexity index is 1400. The molecule has 31 heavy (non-hydrogen) atoms. The molecule has 0 bridgehead atoms. The van der Waals surface area contributed by atoms with Crippen molar-refractivity contribution in [3.8, 4) is 11.1 Å². The van der Waals surface area contributed by atoms with Crippen LogP contribution in [0.15, 0.2) is 57.0 Å². The third kappa shape index (κ3) is 3.91. The topological polar surface area (TPSA) is 102 Å². The molecule has 0 aliphatic carbocycles. The Kier molecular flexibility index (Phi) is 5.16. The van der Waals surface area contributed by atoms with Crippen molar-refractivity contribution in [2.24, 2.45) is 0 Å². The number of furan rings is 1. The highest BCUT2D eigenvalue weighted by atomic mass is 32.2. The number of thiophene rings is 1. The third-order valence-corrected chi connectivity index (χ3v) is 6.82. The molecule has 0 unspecified atom stereocenters. The van der Waals surface area contributed by atoms with Gasteiger partial charge < -0.3 is 9.40 Å². The number of benzene rings is 1. The fourth-order valence-corrected chi connectivity index (χ4v) is 5.19. The highest BCUT2D eigenvalue weighted by Gasteiger charge is 2.17. The molecular formula is C21H18N6O2S2. The molecule has 0 spiro atoms. The minimum atomic E-state index is -0.129. The van der Waals surface area contributed by atoms with Gasteiger partial charge in [-0.1, -0.05) is 41.6 Å². The Morgan fingerprint density at radius 2 is 2.03 bits per heavy atom. The Hall–Kier alpha value is -3.24. The first kappa shape index (κ1) is 19.7. The van der Waals surface area contributed by atoms with Crippen molar-refractivity contribution in [3.63, 3.8) is 0 Å². The summed E-state index contributed by atoms with van der Waals surface area (Å²) in [5.74, 6) is 1.80. The van der Waals surface area contributed by atoms with E-state index in [1.54, 1.807) is 10.9 Å². The highest BCUT2D eigenvalue weighted by molar-refractivity contribution is 7.98. The van der Waals surface area contributed by atoms with Crippen molar-refractivity contribution in [1.29, 1.82) is 0 Å². The summed E-state index contributed by atoms with van der Waals surface area (Å²) in [5, 5.41) is 13.1. The number of hydrogen-bond acceptors (Lipinski definition) is 8. The van der Waals surface area contributed by atoms with Crippen LogP contribution >= 0.6 is 23.1 Å². The van der Waals surface area contributed by atoms with Gasteiger partial charge in [0.2, 0.25) is 5.16 Å². The first-order valence-electron chi connectivity index (χ1n) is 9.59. The molecule has 0 fully saturated rings. The Morgan fingerprint density at radius 3 is 2.81 bits per heavy atom. The first-order chi connectivity index (χ1) is 15.1. The van der Waals surface area contributed by atoms with Gasteiger partial charge in [-0.05, 0) is 42.0 Å². The molecular weight excluding hydrogens is 432 g/mol. The van der Waals surface area contributed by atoms with E-state index in [-0.39, 0.29) is 5.56 Å². The fourth-order valence-electron chi connectivity index (χ4n) is 3.38. The van der Waals surface area contributed by atoms with E-state index in [0.717, 1.165) is 26.6 Å². The molecule has 0 radical (unpaired) electrons. The number of hydrogen-bond donors (Lipinski definition) is 1. The van der Waals surface area contributed by atoms with E-state index in [0.29, 0.717) is 28.7 Å².